The van der Waals surface area contributed by atoms with Crippen molar-refractivity contribution in [3.8, 4) is 0 Å². The van der Waals surface area contributed by atoms with Gasteiger partial charge in [-0.3, -0.25) is 9.59 Å². The summed E-state index contributed by atoms with van der Waals surface area (Å²) in [5.74, 6) is -0.391. The number of benzene rings is 2. The third-order valence-corrected chi connectivity index (χ3v) is 8.16. The summed E-state index contributed by atoms with van der Waals surface area (Å²) in [6.07, 6.45) is 1.78. The molecule has 1 aliphatic rings. The number of carbonyl (C=O) groups is 3. The summed E-state index contributed by atoms with van der Waals surface area (Å²) >= 11 is 0. The first-order chi connectivity index (χ1) is 20.7. The van der Waals surface area contributed by atoms with Crippen molar-refractivity contribution in [3.63, 3.8) is 0 Å². The van der Waals surface area contributed by atoms with Gasteiger partial charge in [0.05, 0.1) is 12.1 Å². The second-order valence-corrected chi connectivity index (χ2v) is 14.1. The van der Waals surface area contributed by atoms with Crippen molar-refractivity contribution in [3.05, 3.63) is 65.7 Å². The molecule has 0 spiro atoms. The Morgan fingerprint density at radius 3 is 2.34 bits per heavy atom. The highest BCUT2D eigenvalue weighted by Crippen LogP contribution is 2.37. The molecule has 0 bridgehead atoms. The van der Waals surface area contributed by atoms with Crippen LogP contribution in [0.1, 0.15) is 97.6 Å². The molecule has 0 aromatic heterocycles. The molecule has 0 aliphatic carbocycles. The zero-order valence-corrected chi connectivity index (χ0v) is 27.7. The minimum absolute atomic E-state index is 0.00254. The number of amides is 3. The fourth-order valence-corrected chi connectivity index (χ4v) is 5.89. The Bertz CT molecular complexity index is 1240. The van der Waals surface area contributed by atoms with Gasteiger partial charge in [-0.15, -0.1) is 0 Å². The second-order valence-electron chi connectivity index (χ2n) is 14.1. The number of alkyl carbamates (subject to hydrolysis) is 1. The number of hydrogen-bond donors (Lipinski definition) is 3. The highest BCUT2D eigenvalue weighted by molar-refractivity contribution is 5.95. The molecule has 0 saturated heterocycles. The lowest BCUT2D eigenvalue weighted by atomic mass is 9.79. The van der Waals surface area contributed by atoms with Gasteiger partial charge in [0.2, 0.25) is 11.8 Å². The number of hydrogen-bond acceptors (Lipinski definition) is 5. The standard InChI is InChI=1S/C36H53N3O5/c1-8-9-19-37-33(42)25(2)20-31(40)29(38-34(43)44-35(3,4)5)22-36(6,7)23-32(41)39-24-28(26-15-11-10-12-16-26)21-27-17-13-14-18-30(27)39/h10-18,25,28-29,31,40H,8-9,19-24H2,1-7H3,(H,37,42)(H,38,43)/t25-,28?,29+,31+/m1/s1. The number of aliphatic hydroxyl groups is 1. The molecule has 3 N–H and O–H groups in total. The van der Waals surface area contributed by atoms with Gasteiger partial charge in [0, 0.05) is 37.0 Å². The van der Waals surface area contributed by atoms with Crippen LogP contribution in [0, 0.1) is 11.3 Å². The summed E-state index contributed by atoms with van der Waals surface area (Å²) in [5, 5.41) is 17.1. The summed E-state index contributed by atoms with van der Waals surface area (Å²) in [7, 11) is 0. The Kier molecular flexibility index (Phi) is 12.4. The van der Waals surface area contributed by atoms with Crippen LogP contribution in [0.2, 0.25) is 0 Å². The van der Waals surface area contributed by atoms with Crippen molar-refractivity contribution in [2.45, 2.75) is 111 Å². The van der Waals surface area contributed by atoms with E-state index in [0.717, 1.165) is 30.5 Å². The largest absolute Gasteiger partial charge is 0.444 e. The van der Waals surface area contributed by atoms with E-state index < -0.39 is 35.2 Å². The number of aliphatic hydroxyl groups excluding tert-OH is 1. The van der Waals surface area contributed by atoms with Gasteiger partial charge < -0.3 is 25.4 Å². The molecule has 4 atom stereocenters. The van der Waals surface area contributed by atoms with Gasteiger partial charge in [0.15, 0.2) is 0 Å². The van der Waals surface area contributed by atoms with Crippen molar-refractivity contribution in [1.82, 2.24) is 10.6 Å². The van der Waals surface area contributed by atoms with Gasteiger partial charge >= 0.3 is 6.09 Å². The lowest BCUT2D eigenvalue weighted by Gasteiger charge is -2.38. The van der Waals surface area contributed by atoms with E-state index in [1.807, 2.05) is 55.1 Å². The fourth-order valence-electron chi connectivity index (χ4n) is 5.89. The number of carbonyl (C=O) groups excluding carboxylic acids is 3. The van der Waals surface area contributed by atoms with Gasteiger partial charge in [-0.05, 0) is 69.1 Å². The van der Waals surface area contributed by atoms with Crippen LogP contribution in [0.5, 0.6) is 0 Å². The van der Waals surface area contributed by atoms with Crippen LogP contribution in [0.25, 0.3) is 0 Å². The first-order valence-electron chi connectivity index (χ1n) is 16.1. The maximum absolute atomic E-state index is 14.0. The molecule has 2 aromatic carbocycles. The predicted octanol–water partition coefficient (Wildman–Crippen LogP) is 6.36. The van der Waals surface area contributed by atoms with E-state index in [2.05, 4.69) is 35.8 Å². The van der Waals surface area contributed by atoms with E-state index in [1.165, 1.54) is 5.56 Å². The van der Waals surface area contributed by atoms with Crippen LogP contribution in [-0.2, 0) is 20.7 Å². The lowest BCUT2D eigenvalue weighted by Crippen LogP contribution is -2.49. The van der Waals surface area contributed by atoms with Crippen LogP contribution >= 0.6 is 0 Å². The summed E-state index contributed by atoms with van der Waals surface area (Å²) in [4.78, 5) is 41.4. The Balaban J connectivity index is 1.77. The molecule has 0 radical (unpaired) electrons. The first kappa shape index (κ1) is 35.1. The smallest absolute Gasteiger partial charge is 0.407 e. The quantitative estimate of drug-likeness (QED) is 0.230. The number of ether oxygens (including phenoxy) is 1. The zero-order chi connectivity index (χ0) is 32.5. The van der Waals surface area contributed by atoms with Crippen molar-refractivity contribution in [2.75, 3.05) is 18.0 Å². The van der Waals surface area contributed by atoms with E-state index in [9.17, 15) is 19.5 Å². The molecule has 8 heteroatoms. The summed E-state index contributed by atoms with van der Waals surface area (Å²) in [5.41, 5.74) is 1.99. The zero-order valence-electron chi connectivity index (χ0n) is 27.7. The van der Waals surface area contributed by atoms with E-state index in [-0.39, 0.29) is 30.6 Å². The highest BCUT2D eigenvalue weighted by Gasteiger charge is 2.36. The van der Waals surface area contributed by atoms with Crippen LogP contribution in [-0.4, -0.2) is 53.9 Å². The minimum Gasteiger partial charge on any atom is -0.444 e. The maximum Gasteiger partial charge on any atom is 0.407 e. The van der Waals surface area contributed by atoms with Crippen molar-refractivity contribution in [2.24, 2.45) is 11.3 Å². The van der Waals surface area contributed by atoms with E-state index >= 15 is 0 Å². The Labute approximate surface area is 263 Å². The predicted molar refractivity (Wildman–Crippen MR) is 176 cm³/mol. The molecule has 3 amide bonds. The molecule has 1 unspecified atom stereocenters. The van der Waals surface area contributed by atoms with Gasteiger partial charge in [0.1, 0.15) is 5.60 Å². The SMILES string of the molecule is CCCCNC(=O)[C@H](C)C[C@H](O)[C@H](CC(C)(C)CC(=O)N1CC(c2ccccc2)Cc2ccccc21)NC(=O)OC(C)(C)C. The number of nitrogens with one attached hydrogen (secondary N) is 2. The number of fused-ring (bicyclic) bond motifs is 1. The molecule has 2 aromatic rings. The number of anilines is 1. The van der Waals surface area contributed by atoms with E-state index in [1.54, 1.807) is 27.7 Å². The molecule has 44 heavy (non-hydrogen) atoms. The van der Waals surface area contributed by atoms with Gasteiger partial charge in [-0.1, -0.05) is 82.6 Å². The van der Waals surface area contributed by atoms with Gasteiger partial charge in [-0.25, -0.2) is 4.79 Å². The molecule has 0 saturated carbocycles. The summed E-state index contributed by atoms with van der Waals surface area (Å²) < 4.78 is 5.50. The topological polar surface area (TPSA) is 108 Å². The number of rotatable bonds is 13. The Hall–Kier alpha value is -3.39. The van der Waals surface area contributed by atoms with Crippen molar-refractivity contribution < 1.29 is 24.2 Å². The molecule has 242 valence electrons. The molecular formula is C36H53N3O5. The van der Waals surface area contributed by atoms with Crippen LogP contribution in [0.3, 0.4) is 0 Å². The lowest BCUT2D eigenvalue weighted by molar-refractivity contribution is -0.125. The van der Waals surface area contributed by atoms with Crippen molar-refractivity contribution in [1.29, 1.82) is 0 Å². The van der Waals surface area contributed by atoms with Crippen LogP contribution in [0.15, 0.2) is 54.6 Å². The molecule has 8 nitrogen and oxygen atoms in total. The van der Waals surface area contributed by atoms with Crippen LogP contribution < -0.4 is 15.5 Å². The Morgan fingerprint density at radius 1 is 1.02 bits per heavy atom. The number of nitrogens with zero attached hydrogens (tertiary/aromatic N) is 1. The normalized spacial score (nSPS) is 17.2. The Morgan fingerprint density at radius 2 is 1.68 bits per heavy atom. The highest BCUT2D eigenvalue weighted by atomic mass is 16.6. The number of para-hydroxylation sites is 1. The first-order valence-corrected chi connectivity index (χ1v) is 16.1. The monoisotopic (exact) mass is 607 g/mol. The molecular weight excluding hydrogens is 554 g/mol. The molecule has 1 aliphatic heterocycles. The third kappa shape index (κ3) is 10.7. The van der Waals surface area contributed by atoms with Crippen LogP contribution in [0.4, 0.5) is 10.5 Å². The molecule has 0 fully saturated rings. The average molecular weight is 608 g/mol. The van der Waals surface area contributed by atoms with Gasteiger partial charge in [-0.2, -0.15) is 0 Å². The van der Waals surface area contributed by atoms with Crippen molar-refractivity contribution >= 4 is 23.6 Å². The minimum atomic E-state index is -1.01. The summed E-state index contributed by atoms with van der Waals surface area (Å²) in [6, 6.07) is 17.6. The third-order valence-electron chi connectivity index (χ3n) is 8.16. The average Bonchev–Trinajstić information content (AvgIpc) is 2.95. The summed E-state index contributed by atoms with van der Waals surface area (Å²) in [6.45, 7) is 14.3. The fraction of sp³-hybridized carbons (Fsp3) is 0.583. The van der Waals surface area contributed by atoms with Gasteiger partial charge in [0.25, 0.3) is 0 Å². The van der Waals surface area contributed by atoms with E-state index in [4.69, 9.17) is 4.74 Å². The van der Waals surface area contributed by atoms with E-state index in [0.29, 0.717) is 19.5 Å². The number of unbranched alkanes of at least 4 members (excludes halogenated alkanes) is 1. The maximum atomic E-state index is 14.0. The molecule has 1 heterocycles. The molecule has 3 rings (SSSR count). The second kappa shape index (κ2) is 15.6.